The van der Waals surface area contributed by atoms with Gasteiger partial charge in [0.15, 0.2) is 0 Å². The molecule has 0 N–H and O–H groups in total. The quantitative estimate of drug-likeness (QED) is 0.204. The van der Waals surface area contributed by atoms with E-state index in [1.807, 2.05) is 23.6 Å². The smallest absolute Gasteiger partial charge is 0.0972 e. The summed E-state index contributed by atoms with van der Waals surface area (Å²) < 4.78 is 2.60. The topological polar surface area (TPSA) is 25.8 Å². The molecule has 0 aliphatic carbocycles. The summed E-state index contributed by atoms with van der Waals surface area (Å²) in [5, 5.41) is 12.7. The van der Waals surface area contributed by atoms with Crippen molar-refractivity contribution in [3.8, 4) is 11.3 Å². The molecular formula is C36H20N2S. The number of aromatic nitrogens is 2. The Labute approximate surface area is 227 Å². The summed E-state index contributed by atoms with van der Waals surface area (Å²) in [7, 11) is 0. The van der Waals surface area contributed by atoms with Crippen LogP contribution in [0.4, 0.5) is 0 Å². The van der Waals surface area contributed by atoms with Gasteiger partial charge in [-0.05, 0) is 62.6 Å². The van der Waals surface area contributed by atoms with Crippen LogP contribution in [0.1, 0.15) is 0 Å². The van der Waals surface area contributed by atoms with Gasteiger partial charge in [-0.25, -0.2) is 4.98 Å². The van der Waals surface area contributed by atoms with Crippen molar-refractivity contribution in [2.24, 2.45) is 0 Å². The Bertz CT molecular complexity index is 2450. The summed E-state index contributed by atoms with van der Waals surface area (Å²) in [5.41, 5.74) is 4.00. The fourth-order valence-corrected chi connectivity index (χ4v) is 7.38. The summed E-state index contributed by atoms with van der Waals surface area (Å²) >= 11 is 1.87. The Morgan fingerprint density at radius 2 is 1.08 bits per heavy atom. The van der Waals surface area contributed by atoms with Crippen LogP contribution in [0.2, 0.25) is 0 Å². The summed E-state index contributed by atoms with van der Waals surface area (Å²) in [5.74, 6) is 0. The van der Waals surface area contributed by atoms with E-state index in [1.54, 1.807) is 0 Å². The monoisotopic (exact) mass is 512 g/mol. The molecule has 2 nitrogen and oxygen atoms in total. The van der Waals surface area contributed by atoms with E-state index in [0.29, 0.717) is 0 Å². The van der Waals surface area contributed by atoms with Gasteiger partial charge in [0.05, 0.1) is 16.7 Å². The van der Waals surface area contributed by atoms with Gasteiger partial charge in [-0.2, -0.15) is 0 Å². The molecule has 0 saturated heterocycles. The molecule has 0 unspecified atom stereocenters. The minimum absolute atomic E-state index is 0.950. The normalized spacial score (nSPS) is 12.1. The Morgan fingerprint density at radius 3 is 1.85 bits per heavy atom. The van der Waals surface area contributed by atoms with Crippen molar-refractivity contribution in [2.45, 2.75) is 0 Å². The van der Waals surface area contributed by atoms with E-state index in [1.165, 1.54) is 52.5 Å². The number of hydrogen-bond donors (Lipinski definition) is 0. The van der Waals surface area contributed by atoms with Gasteiger partial charge in [0.25, 0.3) is 0 Å². The first-order valence-electron chi connectivity index (χ1n) is 13.2. The van der Waals surface area contributed by atoms with Crippen LogP contribution in [0.25, 0.3) is 85.6 Å². The molecular weight excluding hydrogens is 492 g/mol. The Morgan fingerprint density at radius 1 is 0.436 bits per heavy atom. The van der Waals surface area contributed by atoms with Gasteiger partial charge in [-0.1, -0.05) is 84.9 Å². The number of pyridine rings is 2. The predicted octanol–water partition coefficient (Wildman–Crippen LogP) is 10.3. The second-order valence-corrected chi connectivity index (χ2v) is 11.3. The Hall–Kier alpha value is -4.86. The molecule has 3 aromatic heterocycles. The van der Waals surface area contributed by atoms with Gasteiger partial charge in [0, 0.05) is 42.7 Å². The maximum Gasteiger partial charge on any atom is 0.0972 e. The molecule has 3 heteroatoms. The third-order valence-electron chi connectivity index (χ3n) is 8.06. The van der Waals surface area contributed by atoms with E-state index >= 15 is 0 Å². The third-order valence-corrected chi connectivity index (χ3v) is 9.18. The molecule has 0 bridgehead atoms. The van der Waals surface area contributed by atoms with Gasteiger partial charge in [0.2, 0.25) is 0 Å². The van der Waals surface area contributed by atoms with Crippen LogP contribution in [0.15, 0.2) is 121 Å². The number of rotatable bonds is 1. The molecule has 9 aromatic rings. The van der Waals surface area contributed by atoms with Crippen LogP contribution in [0, 0.1) is 0 Å². The highest BCUT2D eigenvalue weighted by molar-refractivity contribution is 7.26. The number of thiophene rings is 1. The van der Waals surface area contributed by atoms with E-state index in [2.05, 4.69) is 114 Å². The van der Waals surface area contributed by atoms with Gasteiger partial charge in [0.1, 0.15) is 0 Å². The van der Waals surface area contributed by atoms with Gasteiger partial charge in [-0.3, -0.25) is 4.98 Å². The zero-order valence-electron chi connectivity index (χ0n) is 20.8. The summed E-state index contributed by atoms with van der Waals surface area (Å²) in [4.78, 5) is 9.72. The zero-order valence-corrected chi connectivity index (χ0v) is 21.7. The Balaban J connectivity index is 1.30. The largest absolute Gasteiger partial charge is 0.254 e. The first kappa shape index (κ1) is 21.1. The fourth-order valence-electron chi connectivity index (χ4n) is 6.22. The minimum Gasteiger partial charge on any atom is -0.254 e. The molecule has 180 valence electrons. The first-order valence-corrected chi connectivity index (χ1v) is 14.0. The summed E-state index contributed by atoms with van der Waals surface area (Å²) in [6.07, 6.45) is 1.84. The third kappa shape index (κ3) is 3.02. The van der Waals surface area contributed by atoms with Crippen LogP contribution in [0.3, 0.4) is 0 Å². The highest BCUT2D eigenvalue weighted by Gasteiger charge is 2.14. The van der Waals surface area contributed by atoms with Gasteiger partial charge < -0.3 is 0 Å². The van der Waals surface area contributed by atoms with Crippen LogP contribution >= 0.6 is 11.3 Å². The average molecular weight is 513 g/mol. The lowest BCUT2D eigenvalue weighted by Crippen LogP contribution is -1.88. The van der Waals surface area contributed by atoms with E-state index in [-0.39, 0.29) is 0 Å². The molecule has 0 amide bonds. The molecule has 0 radical (unpaired) electrons. The van der Waals surface area contributed by atoms with E-state index in [0.717, 1.165) is 33.1 Å². The highest BCUT2D eigenvalue weighted by Crippen LogP contribution is 2.42. The van der Waals surface area contributed by atoms with Crippen LogP contribution < -0.4 is 0 Å². The first-order chi connectivity index (χ1) is 19.3. The fraction of sp³-hybridized carbons (Fsp3) is 0. The molecule has 0 aliphatic rings. The van der Waals surface area contributed by atoms with E-state index < -0.39 is 0 Å². The van der Waals surface area contributed by atoms with Crippen LogP contribution in [0.5, 0.6) is 0 Å². The SMILES string of the molecule is c1cnc2c(c1)ccc1ccc(-c3ccc4c(c3)sc3cc5c6ccccc6c6ccccc6c5cc34)nc12. The molecule has 3 heterocycles. The molecule has 0 atom stereocenters. The molecule has 39 heavy (non-hydrogen) atoms. The van der Waals surface area contributed by atoms with Gasteiger partial charge >= 0.3 is 0 Å². The zero-order chi connectivity index (χ0) is 25.5. The van der Waals surface area contributed by atoms with Crippen molar-refractivity contribution in [3.05, 3.63) is 121 Å². The van der Waals surface area contributed by atoms with Crippen LogP contribution in [-0.2, 0) is 0 Å². The predicted molar refractivity (Wildman–Crippen MR) is 168 cm³/mol. The molecule has 0 saturated carbocycles. The standard InChI is InChI=1S/C36H20N2S/c1-3-9-26-24(7-1)25-8-2-4-10-27(25)30-20-34-31(19-29(26)30)28-15-13-23(18-33(28)39-34)32-16-14-22-12-11-21-6-5-17-37-35(21)36(22)38-32/h1-20H. The van der Waals surface area contributed by atoms with Crippen molar-refractivity contribution < 1.29 is 0 Å². The summed E-state index contributed by atoms with van der Waals surface area (Å²) in [6, 6.07) is 41.8. The molecule has 0 aliphatic heterocycles. The second kappa shape index (κ2) is 7.83. The lowest BCUT2D eigenvalue weighted by molar-refractivity contribution is 1.37. The average Bonchev–Trinajstić information content (AvgIpc) is 3.37. The maximum absolute atomic E-state index is 5.09. The molecule has 0 spiro atoms. The second-order valence-electron chi connectivity index (χ2n) is 10.2. The number of hydrogen-bond acceptors (Lipinski definition) is 3. The highest BCUT2D eigenvalue weighted by atomic mass is 32.1. The molecule has 9 rings (SSSR count). The Kier molecular flexibility index (Phi) is 4.24. The lowest BCUT2D eigenvalue weighted by Gasteiger charge is -2.10. The molecule has 6 aromatic carbocycles. The lowest BCUT2D eigenvalue weighted by atomic mass is 9.93. The van der Waals surface area contributed by atoms with Crippen molar-refractivity contribution >= 4 is 85.6 Å². The number of benzene rings is 6. The van der Waals surface area contributed by atoms with E-state index in [9.17, 15) is 0 Å². The van der Waals surface area contributed by atoms with Crippen molar-refractivity contribution in [1.82, 2.24) is 9.97 Å². The number of fused-ring (bicyclic) bond motifs is 12. The van der Waals surface area contributed by atoms with E-state index in [4.69, 9.17) is 4.98 Å². The van der Waals surface area contributed by atoms with Crippen molar-refractivity contribution in [1.29, 1.82) is 0 Å². The summed E-state index contributed by atoms with van der Waals surface area (Å²) in [6.45, 7) is 0. The number of nitrogens with zero attached hydrogens (tertiary/aromatic N) is 2. The maximum atomic E-state index is 5.09. The van der Waals surface area contributed by atoms with Crippen molar-refractivity contribution in [3.63, 3.8) is 0 Å². The van der Waals surface area contributed by atoms with Gasteiger partial charge in [-0.15, -0.1) is 11.3 Å². The molecule has 0 fully saturated rings. The van der Waals surface area contributed by atoms with Crippen molar-refractivity contribution in [2.75, 3.05) is 0 Å². The minimum atomic E-state index is 0.950. The van der Waals surface area contributed by atoms with Crippen LogP contribution in [-0.4, -0.2) is 9.97 Å².